The predicted octanol–water partition coefficient (Wildman–Crippen LogP) is 4.03. The fourth-order valence-corrected chi connectivity index (χ4v) is 3.89. The van der Waals surface area contributed by atoms with Crippen LogP contribution in [0.3, 0.4) is 0 Å². The van der Waals surface area contributed by atoms with E-state index in [2.05, 4.69) is 12.2 Å². The van der Waals surface area contributed by atoms with Gasteiger partial charge >= 0.3 is 0 Å². The molecule has 1 saturated carbocycles. The van der Waals surface area contributed by atoms with Gasteiger partial charge in [0, 0.05) is 11.3 Å². The number of hydrogen-bond donors (Lipinski definition) is 1. The maximum absolute atomic E-state index is 13.5. The first-order chi connectivity index (χ1) is 11.9. The normalized spacial score (nSPS) is 23.9. The van der Waals surface area contributed by atoms with Gasteiger partial charge in [-0.25, -0.2) is 17.9 Å². The van der Waals surface area contributed by atoms with Gasteiger partial charge in [0.1, 0.15) is 5.83 Å². The molecule has 4 rings (SSSR count). The molecule has 1 spiro atoms. The number of nitrogens with two attached hydrogens (primary N) is 1. The summed E-state index contributed by atoms with van der Waals surface area (Å²) in [4.78, 5) is 0.0991. The van der Waals surface area contributed by atoms with Gasteiger partial charge in [0.2, 0.25) is 10.0 Å². The van der Waals surface area contributed by atoms with Crippen LogP contribution >= 0.6 is 0 Å². The van der Waals surface area contributed by atoms with E-state index in [0.717, 1.165) is 29.6 Å². The quantitative estimate of drug-likeness (QED) is 0.890. The van der Waals surface area contributed by atoms with Crippen molar-refractivity contribution in [2.75, 3.05) is 0 Å². The fraction of sp³-hybridized carbons (Fsp3) is 0.200. The van der Waals surface area contributed by atoms with Gasteiger partial charge in [0.05, 0.1) is 4.90 Å². The Hall–Kier alpha value is -2.24. The van der Waals surface area contributed by atoms with Crippen LogP contribution in [-0.2, 0) is 10.0 Å². The maximum Gasteiger partial charge on any atom is 0.238 e. The van der Waals surface area contributed by atoms with Gasteiger partial charge in [-0.15, -0.1) is 0 Å². The van der Waals surface area contributed by atoms with Crippen molar-refractivity contribution in [1.29, 1.82) is 0 Å². The van der Waals surface area contributed by atoms with Crippen LogP contribution in [0.1, 0.15) is 18.4 Å². The topological polar surface area (TPSA) is 60.2 Å². The lowest BCUT2D eigenvalue weighted by atomic mass is 9.90. The van der Waals surface area contributed by atoms with Crippen molar-refractivity contribution in [3.05, 3.63) is 83.8 Å². The van der Waals surface area contributed by atoms with E-state index in [4.69, 9.17) is 5.14 Å². The summed E-state index contributed by atoms with van der Waals surface area (Å²) in [6, 6.07) is 6.62. The molecule has 25 heavy (non-hydrogen) atoms. The molecular weight excluding hydrogens is 337 g/mol. The predicted molar refractivity (Wildman–Crippen MR) is 96.5 cm³/mol. The first kappa shape index (κ1) is 16.2. The molecule has 128 valence electrons. The second kappa shape index (κ2) is 5.64. The minimum atomic E-state index is -3.70. The van der Waals surface area contributed by atoms with E-state index in [-0.39, 0.29) is 22.1 Å². The Bertz CT molecular complexity index is 975. The van der Waals surface area contributed by atoms with E-state index in [1.165, 1.54) is 24.3 Å². The average molecular weight is 355 g/mol. The van der Waals surface area contributed by atoms with E-state index in [0.29, 0.717) is 0 Å². The van der Waals surface area contributed by atoms with Crippen LogP contribution in [0.5, 0.6) is 0 Å². The molecular formula is C20H18FNO2S. The summed E-state index contributed by atoms with van der Waals surface area (Å²) in [6.45, 7) is 0. The van der Waals surface area contributed by atoms with Crippen LogP contribution in [0.25, 0.3) is 5.57 Å². The van der Waals surface area contributed by atoms with Gasteiger partial charge in [0.25, 0.3) is 0 Å². The van der Waals surface area contributed by atoms with Crippen molar-refractivity contribution in [1.82, 2.24) is 0 Å². The van der Waals surface area contributed by atoms with Gasteiger partial charge in [-0.1, -0.05) is 42.5 Å². The molecule has 0 radical (unpaired) electrons. The molecule has 3 aliphatic rings. The second-order valence-electron chi connectivity index (χ2n) is 6.78. The highest BCUT2D eigenvalue weighted by atomic mass is 32.2. The molecule has 1 fully saturated rings. The summed E-state index contributed by atoms with van der Waals surface area (Å²) in [6.07, 6.45) is 15.3. The summed E-state index contributed by atoms with van der Waals surface area (Å²) < 4.78 is 36.4. The Morgan fingerprint density at radius 3 is 2.44 bits per heavy atom. The summed E-state index contributed by atoms with van der Waals surface area (Å²) in [5, 5.41) is 5.17. The molecule has 0 bridgehead atoms. The molecule has 1 atom stereocenters. The number of benzene rings is 1. The van der Waals surface area contributed by atoms with E-state index in [1.807, 2.05) is 12.2 Å². The van der Waals surface area contributed by atoms with Crippen LogP contribution in [0.2, 0.25) is 0 Å². The molecule has 0 amide bonds. The van der Waals surface area contributed by atoms with E-state index >= 15 is 0 Å². The van der Waals surface area contributed by atoms with E-state index in [9.17, 15) is 12.8 Å². The number of halogens is 1. The minimum absolute atomic E-state index is 0.00589. The maximum atomic E-state index is 13.5. The molecule has 1 aromatic carbocycles. The second-order valence-corrected chi connectivity index (χ2v) is 8.34. The highest BCUT2D eigenvalue weighted by Gasteiger charge is 2.43. The fourth-order valence-electron chi connectivity index (χ4n) is 3.37. The third-order valence-electron chi connectivity index (χ3n) is 4.90. The number of hydrogen-bond acceptors (Lipinski definition) is 2. The van der Waals surface area contributed by atoms with Crippen molar-refractivity contribution < 1.29 is 12.8 Å². The zero-order valence-corrected chi connectivity index (χ0v) is 14.3. The van der Waals surface area contributed by atoms with Crippen LogP contribution in [0.15, 0.2) is 83.1 Å². The Labute approximate surface area is 146 Å². The number of rotatable bonds is 3. The van der Waals surface area contributed by atoms with Crippen LogP contribution in [0.4, 0.5) is 4.39 Å². The largest absolute Gasteiger partial charge is 0.238 e. The zero-order valence-electron chi connectivity index (χ0n) is 13.5. The number of sulfonamides is 1. The van der Waals surface area contributed by atoms with Gasteiger partial charge in [-0.3, -0.25) is 0 Å². The van der Waals surface area contributed by atoms with Crippen molar-refractivity contribution in [2.45, 2.75) is 17.7 Å². The Morgan fingerprint density at radius 1 is 1.08 bits per heavy atom. The molecule has 1 unspecified atom stereocenters. The van der Waals surface area contributed by atoms with E-state index < -0.39 is 10.0 Å². The van der Waals surface area contributed by atoms with Gasteiger partial charge in [-0.2, -0.15) is 0 Å². The lowest BCUT2D eigenvalue weighted by Gasteiger charge is -2.14. The van der Waals surface area contributed by atoms with E-state index in [1.54, 1.807) is 18.2 Å². The van der Waals surface area contributed by atoms with Gasteiger partial charge < -0.3 is 0 Å². The van der Waals surface area contributed by atoms with Gasteiger partial charge in [-0.05, 0) is 53.8 Å². The third-order valence-corrected chi connectivity index (χ3v) is 5.83. The van der Waals surface area contributed by atoms with Crippen LogP contribution in [0, 0.1) is 11.3 Å². The average Bonchev–Trinajstić information content (AvgIpc) is 3.26. The number of allylic oxidation sites excluding steroid dienone is 10. The van der Waals surface area contributed by atoms with Gasteiger partial charge in [0.15, 0.2) is 0 Å². The number of primary sulfonamides is 1. The smallest absolute Gasteiger partial charge is 0.225 e. The highest BCUT2D eigenvalue weighted by Crippen LogP contribution is 2.57. The first-order valence-electron chi connectivity index (χ1n) is 8.18. The zero-order chi connectivity index (χ0) is 17.7. The van der Waals surface area contributed by atoms with Crippen molar-refractivity contribution in [3.63, 3.8) is 0 Å². The third kappa shape index (κ3) is 3.17. The summed E-state index contributed by atoms with van der Waals surface area (Å²) in [5.41, 5.74) is 3.28. The Morgan fingerprint density at radius 2 is 1.80 bits per heavy atom. The minimum Gasteiger partial charge on any atom is -0.225 e. The molecule has 3 nitrogen and oxygen atoms in total. The van der Waals surface area contributed by atoms with Crippen LogP contribution < -0.4 is 5.14 Å². The molecule has 5 heteroatoms. The molecule has 0 aliphatic heterocycles. The SMILES string of the molecule is NS(=O)(=O)c1ccc(C2=CC3(C=C2C2C=CC=C(F)C=C2)CC3)cc1. The first-order valence-corrected chi connectivity index (χ1v) is 9.72. The van der Waals surface area contributed by atoms with Crippen molar-refractivity contribution >= 4 is 15.6 Å². The Kier molecular flexibility index (Phi) is 3.67. The highest BCUT2D eigenvalue weighted by molar-refractivity contribution is 7.89. The van der Waals surface area contributed by atoms with Crippen molar-refractivity contribution in [2.24, 2.45) is 16.5 Å². The standard InChI is InChI=1S/C20H18FNO2S/c21-16-3-1-2-14(4-7-16)18-12-20(10-11-20)13-19(18)15-5-8-17(9-6-15)25(22,23)24/h1-9,12-14H,10-11H2,(H2,22,23,24). The molecule has 1 aromatic rings. The molecule has 3 aliphatic carbocycles. The summed E-state index contributed by atoms with van der Waals surface area (Å²) in [7, 11) is -3.70. The monoisotopic (exact) mass is 355 g/mol. The lowest BCUT2D eigenvalue weighted by Crippen LogP contribution is -2.11. The summed E-state index contributed by atoms with van der Waals surface area (Å²) >= 11 is 0. The van der Waals surface area contributed by atoms with Crippen molar-refractivity contribution in [3.8, 4) is 0 Å². The molecule has 0 aromatic heterocycles. The lowest BCUT2D eigenvalue weighted by molar-refractivity contribution is 0.598. The Balaban J connectivity index is 1.71. The molecule has 2 N–H and O–H groups in total. The summed E-state index contributed by atoms with van der Waals surface area (Å²) in [5.74, 6) is -0.268. The molecule has 0 heterocycles. The molecule has 0 saturated heterocycles. The van der Waals surface area contributed by atoms with Crippen LogP contribution in [-0.4, -0.2) is 8.42 Å².